The lowest BCUT2D eigenvalue weighted by atomic mass is 9.98. The third kappa shape index (κ3) is 3.10. The van der Waals surface area contributed by atoms with Crippen LogP contribution in [0.3, 0.4) is 0 Å². The van der Waals surface area contributed by atoms with Gasteiger partial charge in [-0.15, -0.1) is 0 Å². The highest BCUT2D eigenvalue weighted by Gasteiger charge is 2.32. The van der Waals surface area contributed by atoms with Crippen molar-refractivity contribution in [1.29, 1.82) is 0 Å². The van der Waals surface area contributed by atoms with Crippen LogP contribution >= 0.6 is 0 Å². The molecule has 0 radical (unpaired) electrons. The van der Waals surface area contributed by atoms with Crippen molar-refractivity contribution >= 4 is 0 Å². The second-order valence-corrected chi connectivity index (χ2v) is 5.49. The average molecular weight is 249 g/mol. The highest BCUT2D eigenvalue weighted by Crippen LogP contribution is 2.21. The van der Waals surface area contributed by atoms with Gasteiger partial charge in [0.05, 0.1) is 6.61 Å². The van der Waals surface area contributed by atoms with Gasteiger partial charge in [0.1, 0.15) is 5.60 Å². The van der Waals surface area contributed by atoms with Gasteiger partial charge in [-0.3, -0.25) is 0 Å². The standard InChI is InChI=1S/C15H23NO2/c1-11-4-5-14(12(2)8-11)13(3)16-9-15(17)6-7-18-10-15/h4-5,8,13,16-17H,6-7,9-10H2,1-3H3. The maximum absolute atomic E-state index is 10.2. The van der Waals surface area contributed by atoms with E-state index in [1.54, 1.807) is 0 Å². The molecule has 18 heavy (non-hydrogen) atoms. The van der Waals surface area contributed by atoms with Crippen LogP contribution in [0, 0.1) is 13.8 Å². The predicted octanol–water partition coefficient (Wildman–Crippen LogP) is 2.11. The Morgan fingerprint density at radius 2 is 2.22 bits per heavy atom. The van der Waals surface area contributed by atoms with E-state index in [2.05, 4.69) is 44.3 Å². The number of hydrogen-bond acceptors (Lipinski definition) is 3. The van der Waals surface area contributed by atoms with E-state index in [1.165, 1.54) is 16.7 Å². The Hall–Kier alpha value is -0.900. The number of aliphatic hydroxyl groups is 1. The van der Waals surface area contributed by atoms with Crippen LogP contribution in [0.2, 0.25) is 0 Å². The molecule has 1 aliphatic rings. The van der Waals surface area contributed by atoms with Crippen LogP contribution < -0.4 is 5.32 Å². The Morgan fingerprint density at radius 3 is 2.83 bits per heavy atom. The molecule has 1 heterocycles. The minimum absolute atomic E-state index is 0.246. The smallest absolute Gasteiger partial charge is 0.103 e. The van der Waals surface area contributed by atoms with Crippen molar-refractivity contribution < 1.29 is 9.84 Å². The highest BCUT2D eigenvalue weighted by atomic mass is 16.5. The Bertz CT molecular complexity index is 411. The van der Waals surface area contributed by atoms with Crippen molar-refractivity contribution in [3.05, 3.63) is 34.9 Å². The van der Waals surface area contributed by atoms with E-state index in [-0.39, 0.29) is 6.04 Å². The van der Waals surface area contributed by atoms with Crippen LogP contribution in [0.25, 0.3) is 0 Å². The molecule has 0 saturated carbocycles. The van der Waals surface area contributed by atoms with E-state index in [9.17, 15) is 5.11 Å². The van der Waals surface area contributed by atoms with E-state index < -0.39 is 5.60 Å². The minimum atomic E-state index is -0.688. The SMILES string of the molecule is Cc1ccc(C(C)NCC2(O)CCOC2)c(C)c1. The minimum Gasteiger partial charge on any atom is -0.386 e. The van der Waals surface area contributed by atoms with Gasteiger partial charge < -0.3 is 15.2 Å². The lowest BCUT2D eigenvalue weighted by Crippen LogP contribution is -2.42. The first-order chi connectivity index (χ1) is 8.50. The van der Waals surface area contributed by atoms with Gasteiger partial charge in [-0.25, -0.2) is 0 Å². The van der Waals surface area contributed by atoms with Gasteiger partial charge in [0.25, 0.3) is 0 Å². The largest absolute Gasteiger partial charge is 0.386 e. The fourth-order valence-corrected chi connectivity index (χ4v) is 2.50. The molecule has 1 aliphatic heterocycles. The number of aryl methyl sites for hydroxylation is 2. The monoisotopic (exact) mass is 249 g/mol. The topological polar surface area (TPSA) is 41.5 Å². The predicted molar refractivity (Wildman–Crippen MR) is 72.7 cm³/mol. The molecule has 1 saturated heterocycles. The van der Waals surface area contributed by atoms with Gasteiger partial charge in [-0.1, -0.05) is 23.8 Å². The summed E-state index contributed by atoms with van der Waals surface area (Å²) in [5, 5.41) is 13.6. The van der Waals surface area contributed by atoms with Crippen molar-refractivity contribution in [2.45, 2.75) is 38.8 Å². The summed E-state index contributed by atoms with van der Waals surface area (Å²) in [4.78, 5) is 0. The van der Waals surface area contributed by atoms with E-state index in [0.29, 0.717) is 19.8 Å². The van der Waals surface area contributed by atoms with Gasteiger partial charge in [-0.05, 0) is 31.9 Å². The van der Waals surface area contributed by atoms with Crippen LogP contribution in [-0.4, -0.2) is 30.5 Å². The summed E-state index contributed by atoms with van der Waals surface area (Å²) in [7, 11) is 0. The zero-order valence-electron chi connectivity index (χ0n) is 11.5. The van der Waals surface area contributed by atoms with Gasteiger partial charge in [0.15, 0.2) is 0 Å². The summed E-state index contributed by atoms with van der Waals surface area (Å²) < 4.78 is 5.25. The molecule has 2 unspecified atom stereocenters. The molecule has 2 N–H and O–H groups in total. The van der Waals surface area contributed by atoms with Crippen LogP contribution in [0.1, 0.15) is 36.1 Å². The quantitative estimate of drug-likeness (QED) is 0.858. The summed E-state index contributed by atoms with van der Waals surface area (Å²) in [6.07, 6.45) is 0.722. The van der Waals surface area contributed by atoms with Crippen LogP contribution in [0.5, 0.6) is 0 Å². The lowest BCUT2D eigenvalue weighted by molar-refractivity contribution is 0.0252. The average Bonchev–Trinajstić information content (AvgIpc) is 2.74. The van der Waals surface area contributed by atoms with E-state index in [1.807, 2.05) is 0 Å². The molecule has 2 atom stereocenters. The van der Waals surface area contributed by atoms with Gasteiger partial charge >= 0.3 is 0 Å². The molecule has 3 nitrogen and oxygen atoms in total. The van der Waals surface area contributed by atoms with Crippen molar-refractivity contribution in [1.82, 2.24) is 5.32 Å². The van der Waals surface area contributed by atoms with Crippen molar-refractivity contribution in [3.8, 4) is 0 Å². The van der Waals surface area contributed by atoms with Crippen LogP contribution in [0.15, 0.2) is 18.2 Å². The second-order valence-electron chi connectivity index (χ2n) is 5.49. The first-order valence-corrected chi connectivity index (χ1v) is 6.61. The zero-order valence-corrected chi connectivity index (χ0v) is 11.5. The molecule has 0 bridgehead atoms. The Balaban J connectivity index is 1.97. The summed E-state index contributed by atoms with van der Waals surface area (Å²) in [6, 6.07) is 6.74. The van der Waals surface area contributed by atoms with Crippen molar-refractivity contribution in [2.24, 2.45) is 0 Å². The molecule has 0 spiro atoms. The van der Waals surface area contributed by atoms with E-state index >= 15 is 0 Å². The number of benzene rings is 1. The molecule has 1 fully saturated rings. The Labute approximate surface area is 109 Å². The van der Waals surface area contributed by atoms with E-state index in [4.69, 9.17) is 4.74 Å². The summed E-state index contributed by atoms with van der Waals surface area (Å²) >= 11 is 0. The molecule has 2 rings (SSSR count). The lowest BCUT2D eigenvalue weighted by Gasteiger charge is -2.24. The third-order valence-electron chi connectivity index (χ3n) is 3.71. The maximum Gasteiger partial charge on any atom is 0.103 e. The summed E-state index contributed by atoms with van der Waals surface area (Å²) in [5.41, 5.74) is 3.19. The molecule has 0 aliphatic carbocycles. The Morgan fingerprint density at radius 1 is 1.44 bits per heavy atom. The van der Waals surface area contributed by atoms with Crippen molar-refractivity contribution in [3.63, 3.8) is 0 Å². The number of nitrogens with one attached hydrogen (secondary N) is 1. The molecule has 3 heteroatoms. The first-order valence-electron chi connectivity index (χ1n) is 6.61. The third-order valence-corrected chi connectivity index (χ3v) is 3.71. The van der Waals surface area contributed by atoms with Crippen molar-refractivity contribution in [2.75, 3.05) is 19.8 Å². The van der Waals surface area contributed by atoms with E-state index in [0.717, 1.165) is 6.42 Å². The molecular weight excluding hydrogens is 226 g/mol. The fourth-order valence-electron chi connectivity index (χ4n) is 2.50. The fraction of sp³-hybridized carbons (Fsp3) is 0.600. The second kappa shape index (κ2) is 5.39. The highest BCUT2D eigenvalue weighted by molar-refractivity contribution is 5.32. The Kier molecular flexibility index (Phi) is 4.05. The number of ether oxygens (including phenoxy) is 1. The molecule has 100 valence electrons. The summed E-state index contributed by atoms with van der Waals surface area (Å²) in [6.45, 7) is 8.06. The number of hydrogen-bond donors (Lipinski definition) is 2. The van der Waals surface area contributed by atoms with Gasteiger partial charge in [0, 0.05) is 25.6 Å². The van der Waals surface area contributed by atoms with Gasteiger partial charge in [0.2, 0.25) is 0 Å². The molecule has 1 aromatic rings. The van der Waals surface area contributed by atoms with Gasteiger partial charge in [-0.2, -0.15) is 0 Å². The molecular formula is C15H23NO2. The van der Waals surface area contributed by atoms with Crippen LogP contribution in [-0.2, 0) is 4.74 Å². The summed E-state index contributed by atoms with van der Waals surface area (Å²) in [5.74, 6) is 0. The maximum atomic E-state index is 10.2. The first kappa shape index (κ1) is 13.5. The zero-order chi connectivity index (χ0) is 13.2. The normalized spacial score (nSPS) is 25.3. The molecule has 0 aromatic heterocycles. The molecule has 1 aromatic carbocycles. The van der Waals surface area contributed by atoms with Crippen LogP contribution in [0.4, 0.5) is 0 Å². The number of rotatable bonds is 4. The molecule has 0 amide bonds.